The first-order chi connectivity index (χ1) is 9.98. The second-order valence-electron chi connectivity index (χ2n) is 5.04. The standard InChI is InChI=1S/C15H19BrN2O3/c1-4-15(5-2)13(19)17-14(20)18(15)9-10-8-11(21-3)6-7-12(10)16/h6-8H,4-5,9H2,1-3H3,(H,17,19,20). The van der Waals surface area contributed by atoms with E-state index >= 15 is 0 Å². The van der Waals surface area contributed by atoms with Crippen LogP contribution in [0.3, 0.4) is 0 Å². The number of methoxy groups -OCH3 is 1. The summed E-state index contributed by atoms with van der Waals surface area (Å²) in [4.78, 5) is 25.9. The summed E-state index contributed by atoms with van der Waals surface area (Å²) in [5, 5.41) is 2.43. The third kappa shape index (κ3) is 2.64. The lowest BCUT2D eigenvalue weighted by atomic mass is 9.91. The van der Waals surface area contributed by atoms with Crippen LogP contribution in [0.2, 0.25) is 0 Å². The smallest absolute Gasteiger partial charge is 0.325 e. The molecule has 0 atom stereocenters. The number of benzene rings is 1. The van der Waals surface area contributed by atoms with E-state index in [2.05, 4.69) is 21.2 Å². The molecule has 0 saturated carbocycles. The zero-order valence-electron chi connectivity index (χ0n) is 12.4. The van der Waals surface area contributed by atoms with E-state index < -0.39 is 5.54 Å². The molecular formula is C15H19BrN2O3. The molecule has 1 aromatic rings. The van der Waals surface area contributed by atoms with Gasteiger partial charge in [-0.05, 0) is 36.6 Å². The fraction of sp³-hybridized carbons (Fsp3) is 0.467. The van der Waals surface area contributed by atoms with Crippen LogP contribution in [0.5, 0.6) is 5.75 Å². The van der Waals surface area contributed by atoms with Crippen LogP contribution >= 0.6 is 15.9 Å². The number of hydrogen-bond donors (Lipinski definition) is 1. The van der Waals surface area contributed by atoms with E-state index in [1.807, 2.05) is 32.0 Å². The van der Waals surface area contributed by atoms with Crippen molar-refractivity contribution in [1.29, 1.82) is 0 Å². The van der Waals surface area contributed by atoms with Gasteiger partial charge in [-0.2, -0.15) is 0 Å². The van der Waals surface area contributed by atoms with E-state index in [1.165, 1.54) is 0 Å². The maximum absolute atomic E-state index is 12.2. The molecule has 114 valence electrons. The zero-order valence-corrected chi connectivity index (χ0v) is 14.0. The topological polar surface area (TPSA) is 58.6 Å². The van der Waals surface area contributed by atoms with E-state index in [-0.39, 0.29) is 11.9 Å². The lowest BCUT2D eigenvalue weighted by molar-refractivity contribution is -0.127. The molecule has 2 rings (SSSR count). The van der Waals surface area contributed by atoms with Gasteiger partial charge in [0, 0.05) is 11.0 Å². The van der Waals surface area contributed by atoms with Gasteiger partial charge in [0.1, 0.15) is 11.3 Å². The molecule has 1 aliphatic heterocycles. The lowest BCUT2D eigenvalue weighted by Crippen LogP contribution is -2.48. The molecule has 1 aromatic carbocycles. The number of rotatable bonds is 5. The number of nitrogens with one attached hydrogen (secondary N) is 1. The predicted octanol–water partition coefficient (Wildman–Crippen LogP) is 3.07. The molecule has 0 radical (unpaired) electrons. The molecule has 1 heterocycles. The predicted molar refractivity (Wildman–Crippen MR) is 83.1 cm³/mol. The molecule has 0 bridgehead atoms. The van der Waals surface area contributed by atoms with Crippen molar-refractivity contribution in [3.8, 4) is 5.75 Å². The zero-order chi connectivity index (χ0) is 15.6. The Kier molecular flexibility index (Phi) is 4.56. The summed E-state index contributed by atoms with van der Waals surface area (Å²) >= 11 is 3.48. The van der Waals surface area contributed by atoms with Crippen molar-refractivity contribution in [2.75, 3.05) is 7.11 Å². The van der Waals surface area contributed by atoms with Crippen molar-refractivity contribution in [3.63, 3.8) is 0 Å². The van der Waals surface area contributed by atoms with Gasteiger partial charge in [-0.15, -0.1) is 0 Å². The summed E-state index contributed by atoms with van der Waals surface area (Å²) in [6, 6.07) is 5.26. The first-order valence-corrected chi connectivity index (χ1v) is 7.73. The van der Waals surface area contributed by atoms with E-state index in [4.69, 9.17) is 4.74 Å². The summed E-state index contributed by atoms with van der Waals surface area (Å²) in [6.07, 6.45) is 1.17. The fourth-order valence-electron chi connectivity index (χ4n) is 2.74. The third-order valence-corrected chi connectivity index (χ3v) is 4.93. The van der Waals surface area contributed by atoms with Gasteiger partial charge < -0.3 is 9.64 Å². The normalized spacial score (nSPS) is 17.0. The van der Waals surface area contributed by atoms with Crippen molar-refractivity contribution in [2.24, 2.45) is 0 Å². The molecule has 1 N–H and O–H groups in total. The van der Waals surface area contributed by atoms with E-state index in [0.717, 1.165) is 15.8 Å². The molecule has 1 saturated heterocycles. The van der Waals surface area contributed by atoms with Gasteiger partial charge in [-0.1, -0.05) is 29.8 Å². The van der Waals surface area contributed by atoms with Gasteiger partial charge >= 0.3 is 6.03 Å². The molecule has 0 aromatic heterocycles. The Morgan fingerprint density at radius 1 is 1.29 bits per heavy atom. The summed E-state index contributed by atoms with van der Waals surface area (Å²) in [5.74, 6) is 0.509. The summed E-state index contributed by atoms with van der Waals surface area (Å²) < 4.78 is 6.11. The molecule has 6 heteroatoms. The lowest BCUT2D eigenvalue weighted by Gasteiger charge is -2.33. The second-order valence-corrected chi connectivity index (χ2v) is 5.90. The highest BCUT2D eigenvalue weighted by atomic mass is 79.9. The van der Waals surface area contributed by atoms with Crippen LogP contribution in [0.25, 0.3) is 0 Å². The largest absolute Gasteiger partial charge is 0.497 e. The monoisotopic (exact) mass is 354 g/mol. The van der Waals surface area contributed by atoms with Crippen molar-refractivity contribution in [3.05, 3.63) is 28.2 Å². The number of ether oxygens (including phenoxy) is 1. The maximum Gasteiger partial charge on any atom is 0.325 e. The van der Waals surface area contributed by atoms with Gasteiger partial charge in [0.25, 0.3) is 5.91 Å². The van der Waals surface area contributed by atoms with E-state index in [9.17, 15) is 9.59 Å². The highest BCUT2D eigenvalue weighted by molar-refractivity contribution is 9.10. The van der Waals surface area contributed by atoms with Crippen LogP contribution in [-0.4, -0.2) is 29.5 Å². The number of halogens is 1. The quantitative estimate of drug-likeness (QED) is 0.826. The van der Waals surface area contributed by atoms with Crippen LogP contribution in [0, 0.1) is 0 Å². The molecule has 3 amide bonds. The van der Waals surface area contributed by atoms with Crippen LogP contribution in [0.4, 0.5) is 4.79 Å². The fourth-order valence-corrected chi connectivity index (χ4v) is 3.12. The van der Waals surface area contributed by atoms with Crippen molar-refractivity contribution < 1.29 is 14.3 Å². The number of hydrogen-bond acceptors (Lipinski definition) is 3. The van der Waals surface area contributed by atoms with E-state index in [1.54, 1.807) is 12.0 Å². The summed E-state index contributed by atoms with van der Waals surface area (Å²) in [5.41, 5.74) is 0.144. The van der Waals surface area contributed by atoms with Gasteiger partial charge in [0.05, 0.1) is 7.11 Å². The minimum atomic E-state index is -0.764. The SMILES string of the molecule is CCC1(CC)C(=O)NC(=O)N1Cc1cc(OC)ccc1Br. The Balaban J connectivity index is 2.37. The van der Waals surface area contributed by atoms with Crippen LogP contribution in [0.15, 0.2) is 22.7 Å². The minimum absolute atomic E-state index is 0.212. The Hall–Kier alpha value is -1.56. The molecule has 21 heavy (non-hydrogen) atoms. The minimum Gasteiger partial charge on any atom is -0.497 e. The summed E-state index contributed by atoms with van der Waals surface area (Å²) in [6.45, 7) is 4.21. The molecular weight excluding hydrogens is 336 g/mol. The van der Waals surface area contributed by atoms with Crippen molar-refractivity contribution in [2.45, 2.75) is 38.8 Å². The van der Waals surface area contributed by atoms with Crippen LogP contribution in [-0.2, 0) is 11.3 Å². The number of urea groups is 1. The van der Waals surface area contributed by atoms with Crippen molar-refractivity contribution >= 4 is 27.9 Å². The number of carbonyl (C=O) groups is 2. The first kappa shape index (κ1) is 15.8. The van der Waals surface area contributed by atoms with E-state index in [0.29, 0.717) is 19.4 Å². The molecule has 0 unspecified atom stereocenters. The van der Waals surface area contributed by atoms with Gasteiger partial charge in [-0.3, -0.25) is 10.1 Å². The van der Waals surface area contributed by atoms with Crippen LogP contribution in [0.1, 0.15) is 32.3 Å². The Morgan fingerprint density at radius 3 is 2.52 bits per heavy atom. The molecule has 5 nitrogen and oxygen atoms in total. The first-order valence-electron chi connectivity index (χ1n) is 6.94. The number of nitrogens with zero attached hydrogens (tertiary/aromatic N) is 1. The van der Waals surface area contributed by atoms with Gasteiger partial charge in [0.15, 0.2) is 0 Å². The molecule has 1 aliphatic rings. The Bertz CT molecular complexity index is 570. The summed E-state index contributed by atoms with van der Waals surface area (Å²) in [7, 11) is 1.60. The molecule has 0 aliphatic carbocycles. The average Bonchev–Trinajstić information content (AvgIpc) is 2.72. The molecule has 0 spiro atoms. The molecule has 1 fully saturated rings. The second kappa shape index (κ2) is 6.05. The number of imide groups is 1. The van der Waals surface area contributed by atoms with Gasteiger partial charge in [0.2, 0.25) is 0 Å². The average molecular weight is 355 g/mol. The Morgan fingerprint density at radius 2 is 1.95 bits per heavy atom. The maximum atomic E-state index is 12.2. The number of carbonyl (C=O) groups excluding carboxylic acids is 2. The highest BCUT2D eigenvalue weighted by Gasteiger charge is 2.50. The Labute approximate surface area is 132 Å². The third-order valence-electron chi connectivity index (χ3n) is 4.16. The van der Waals surface area contributed by atoms with Crippen LogP contribution < -0.4 is 10.1 Å². The van der Waals surface area contributed by atoms with Crippen molar-refractivity contribution in [1.82, 2.24) is 10.2 Å². The highest BCUT2D eigenvalue weighted by Crippen LogP contribution is 2.33. The van der Waals surface area contributed by atoms with Gasteiger partial charge in [-0.25, -0.2) is 4.79 Å². The number of amides is 3.